The van der Waals surface area contributed by atoms with E-state index in [1.165, 1.54) is 18.2 Å². The Morgan fingerprint density at radius 3 is 2.95 bits per heavy atom. The van der Waals surface area contributed by atoms with Gasteiger partial charge < -0.3 is 10.0 Å². The van der Waals surface area contributed by atoms with Crippen molar-refractivity contribution in [3.63, 3.8) is 0 Å². The SMILES string of the molecule is CS(=O)(=O)OC1CN2C(=CC3(O)C(=O)C=CC=C23)C1N=[N+]=[N-]. The van der Waals surface area contributed by atoms with Crippen LogP contribution < -0.4 is 0 Å². The van der Waals surface area contributed by atoms with Gasteiger partial charge in [0.05, 0.1) is 18.5 Å². The minimum absolute atomic E-state index is 0.0534. The van der Waals surface area contributed by atoms with Crippen molar-refractivity contribution < 1.29 is 22.5 Å². The van der Waals surface area contributed by atoms with Crippen LogP contribution >= 0.6 is 0 Å². The molecule has 3 unspecified atom stereocenters. The Morgan fingerprint density at radius 2 is 2.32 bits per heavy atom. The molecule has 0 aromatic heterocycles. The van der Waals surface area contributed by atoms with Gasteiger partial charge >= 0.3 is 0 Å². The summed E-state index contributed by atoms with van der Waals surface area (Å²) in [5, 5.41) is 14.1. The van der Waals surface area contributed by atoms with E-state index in [2.05, 4.69) is 10.0 Å². The molecule has 0 aromatic rings. The summed E-state index contributed by atoms with van der Waals surface area (Å²) in [6.45, 7) is 0.0534. The van der Waals surface area contributed by atoms with E-state index in [4.69, 9.17) is 9.71 Å². The van der Waals surface area contributed by atoms with E-state index in [9.17, 15) is 18.3 Å². The molecule has 0 radical (unpaired) electrons. The first-order chi connectivity index (χ1) is 10.3. The molecular formula is C12H12N4O5S. The molecule has 0 aromatic carbocycles. The molecule has 1 N–H and O–H groups in total. The minimum atomic E-state index is -3.75. The quantitative estimate of drug-likeness (QED) is 0.335. The molecule has 1 fully saturated rings. The Hall–Kier alpha value is -2.13. The van der Waals surface area contributed by atoms with E-state index in [0.717, 1.165) is 6.26 Å². The first-order valence-electron chi connectivity index (χ1n) is 6.34. The first-order valence-corrected chi connectivity index (χ1v) is 8.16. The van der Waals surface area contributed by atoms with Gasteiger partial charge in [0.2, 0.25) is 0 Å². The number of carbonyl (C=O) groups excluding carboxylic acids is 1. The zero-order valence-corrected chi connectivity index (χ0v) is 12.3. The maximum Gasteiger partial charge on any atom is 0.264 e. The second kappa shape index (κ2) is 4.68. The number of hydrogen-bond donors (Lipinski definition) is 1. The van der Waals surface area contributed by atoms with Gasteiger partial charge in [-0.15, -0.1) is 0 Å². The monoisotopic (exact) mass is 324 g/mol. The minimum Gasteiger partial charge on any atom is -0.372 e. The van der Waals surface area contributed by atoms with Gasteiger partial charge in [-0.25, -0.2) is 0 Å². The van der Waals surface area contributed by atoms with Crippen LogP contribution in [0.2, 0.25) is 0 Å². The second-order valence-corrected chi connectivity index (χ2v) is 6.81. The fourth-order valence-electron chi connectivity index (χ4n) is 2.89. The number of azide groups is 1. The highest BCUT2D eigenvalue weighted by Gasteiger charge is 2.53. The summed E-state index contributed by atoms with van der Waals surface area (Å²) in [4.78, 5) is 16.2. The molecule has 3 atom stereocenters. The summed E-state index contributed by atoms with van der Waals surface area (Å²) in [6, 6.07) is -0.942. The average Bonchev–Trinajstić information content (AvgIpc) is 2.85. The van der Waals surface area contributed by atoms with Crippen molar-refractivity contribution in [3.8, 4) is 0 Å². The molecule has 22 heavy (non-hydrogen) atoms. The number of allylic oxidation sites excluding steroid dienone is 2. The molecule has 0 saturated carbocycles. The Morgan fingerprint density at radius 1 is 1.59 bits per heavy atom. The maximum absolute atomic E-state index is 11.9. The Bertz CT molecular complexity index is 792. The lowest BCUT2D eigenvalue weighted by molar-refractivity contribution is -0.125. The zero-order valence-electron chi connectivity index (χ0n) is 11.4. The van der Waals surface area contributed by atoms with Gasteiger partial charge in [0, 0.05) is 10.6 Å². The summed E-state index contributed by atoms with van der Waals surface area (Å²) < 4.78 is 27.6. The number of aliphatic hydroxyl groups is 1. The van der Waals surface area contributed by atoms with Gasteiger partial charge in [-0.3, -0.25) is 8.98 Å². The summed E-state index contributed by atoms with van der Waals surface area (Å²) in [7, 11) is -3.75. The van der Waals surface area contributed by atoms with Crippen LogP contribution in [0.15, 0.2) is 40.8 Å². The Balaban J connectivity index is 2.05. The third-order valence-corrected chi connectivity index (χ3v) is 4.32. The highest BCUT2D eigenvalue weighted by atomic mass is 32.2. The maximum atomic E-state index is 11.9. The normalized spacial score (nSPS) is 33.0. The van der Waals surface area contributed by atoms with Gasteiger partial charge in [0.1, 0.15) is 12.1 Å². The molecule has 0 bridgehead atoms. The molecule has 2 heterocycles. The summed E-state index contributed by atoms with van der Waals surface area (Å²) in [6.07, 6.45) is 5.58. The van der Waals surface area contributed by atoms with Gasteiger partial charge in [-0.1, -0.05) is 11.2 Å². The Kier molecular flexibility index (Phi) is 3.15. The number of fused-ring (bicyclic) bond motifs is 3. The lowest BCUT2D eigenvalue weighted by Crippen LogP contribution is -2.41. The predicted molar refractivity (Wildman–Crippen MR) is 74.6 cm³/mol. The largest absolute Gasteiger partial charge is 0.372 e. The highest BCUT2D eigenvalue weighted by Crippen LogP contribution is 2.44. The van der Waals surface area contributed by atoms with Crippen molar-refractivity contribution in [2.24, 2.45) is 5.11 Å². The van der Waals surface area contributed by atoms with E-state index in [1.54, 1.807) is 11.0 Å². The van der Waals surface area contributed by atoms with E-state index in [1.807, 2.05) is 0 Å². The van der Waals surface area contributed by atoms with Gasteiger partial charge in [0.25, 0.3) is 10.1 Å². The molecular weight excluding hydrogens is 312 g/mol. The van der Waals surface area contributed by atoms with Crippen LogP contribution in [0.1, 0.15) is 0 Å². The summed E-state index contributed by atoms with van der Waals surface area (Å²) >= 11 is 0. The molecule has 0 spiro atoms. The van der Waals surface area contributed by atoms with Crippen molar-refractivity contribution in [1.82, 2.24) is 4.90 Å². The van der Waals surface area contributed by atoms with E-state index in [-0.39, 0.29) is 6.54 Å². The lowest BCUT2D eigenvalue weighted by atomic mass is 9.91. The standard InChI is InChI=1S/C12H12N4O5S/c1-22(19,20)21-8-6-16-7(11(8)14-15-13)5-12(18)9(16)3-2-4-10(12)17/h2-5,8,11,18H,6H2,1H3. The highest BCUT2D eigenvalue weighted by molar-refractivity contribution is 7.86. The molecule has 10 heteroatoms. The fourth-order valence-corrected chi connectivity index (χ4v) is 3.51. The van der Waals surface area contributed by atoms with E-state index < -0.39 is 33.6 Å². The van der Waals surface area contributed by atoms with Gasteiger partial charge in [0.15, 0.2) is 11.4 Å². The van der Waals surface area contributed by atoms with E-state index in [0.29, 0.717) is 11.4 Å². The van der Waals surface area contributed by atoms with Crippen molar-refractivity contribution in [2.75, 3.05) is 12.8 Å². The molecule has 116 valence electrons. The third kappa shape index (κ3) is 2.13. The number of carbonyl (C=O) groups is 1. The first kappa shape index (κ1) is 14.8. The van der Waals surface area contributed by atoms with Crippen LogP contribution in [0.25, 0.3) is 10.4 Å². The van der Waals surface area contributed by atoms with Crippen LogP contribution in [0, 0.1) is 0 Å². The van der Waals surface area contributed by atoms with Crippen LogP contribution in [0.3, 0.4) is 0 Å². The summed E-state index contributed by atoms with van der Waals surface area (Å²) in [5.74, 6) is -0.507. The van der Waals surface area contributed by atoms with Crippen LogP contribution in [0.4, 0.5) is 0 Å². The third-order valence-electron chi connectivity index (χ3n) is 3.72. The number of rotatable bonds is 3. The Labute approximate surface area is 125 Å². The molecule has 1 aliphatic carbocycles. The number of ketones is 1. The smallest absolute Gasteiger partial charge is 0.264 e. The van der Waals surface area contributed by atoms with Crippen molar-refractivity contribution in [3.05, 3.63) is 46.1 Å². The van der Waals surface area contributed by atoms with Crippen LogP contribution in [0.5, 0.6) is 0 Å². The second-order valence-electron chi connectivity index (χ2n) is 5.21. The average molecular weight is 324 g/mol. The molecule has 0 amide bonds. The van der Waals surface area contributed by atoms with Crippen molar-refractivity contribution in [2.45, 2.75) is 17.7 Å². The number of nitrogens with zero attached hydrogens (tertiary/aromatic N) is 4. The fraction of sp³-hybridized carbons (Fsp3) is 0.417. The summed E-state index contributed by atoms with van der Waals surface area (Å²) in [5.41, 5.74) is 7.54. The van der Waals surface area contributed by atoms with Gasteiger partial charge in [-0.05, 0) is 23.8 Å². The lowest BCUT2D eigenvalue weighted by Gasteiger charge is -2.27. The van der Waals surface area contributed by atoms with Crippen LogP contribution in [-0.2, 0) is 19.1 Å². The molecule has 9 nitrogen and oxygen atoms in total. The number of hydrogen-bond acceptors (Lipinski definition) is 7. The molecule has 3 rings (SSSR count). The van der Waals surface area contributed by atoms with Crippen molar-refractivity contribution >= 4 is 15.9 Å². The topological polar surface area (TPSA) is 133 Å². The molecule has 3 aliphatic rings. The molecule has 1 saturated heterocycles. The van der Waals surface area contributed by atoms with E-state index >= 15 is 0 Å². The van der Waals surface area contributed by atoms with Gasteiger partial charge in [-0.2, -0.15) is 8.42 Å². The van der Waals surface area contributed by atoms with Crippen LogP contribution in [-0.4, -0.2) is 54.8 Å². The predicted octanol–water partition coefficient (Wildman–Crippen LogP) is -0.0229. The zero-order chi connectivity index (χ0) is 16.1. The molecule has 2 aliphatic heterocycles. The van der Waals surface area contributed by atoms with Crippen molar-refractivity contribution in [1.29, 1.82) is 0 Å².